The third-order valence-electron chi connectivity index (χ3n) is 6.47. The Morgan fingerprint density at radius 3 is 2.64 bits per heavy atom. The van der Waals surface area contributed by atoms with Gasteiger partial charge in [-0.05, 0) is 64.3 Å². The molecule has 4 aliphatic rings. The standard InChI is InChI=1S/C19H35N3O3/c1-12-5-6-23-11-13(2)25-16-7-14(9-20-10-16)19-17-8-15(24-12)3-4-18(17)21-22-19/h12-22H,3-11H2,1-2H3/t12-,13-,14?,15?,16?,17?,18?,19?/m0/s1. The van der Waals surface area contributed by atoms with Crippen LogP contribution in [-0.2, 0) is 14.2 Å². The second-order valence-corrected chi connectivity index (χ2v) is 8.55. The highest BCUT2D eigenvalue weighted by molar-refractivity contribution is 5.00. The summed E-state index contributed by atoms with van der Waals surface area (Å²) >= 11 is 0. The van der Waals surface area contributed by atoms with Crippen LogP contribution in [0.25, 0.3) is 0 Å². The van der Waals surface area contributed by atoms with Crippen LogP contribution < -0.4 is 16.2 Å². The molecule has 144 valence electrons. The van der Waals surface area contributed by atoms with Gasteiger partial charge in [-0.15, -0.1) is 0 Å². The van der Waals surface area contributed by atoms with Crippen molar-refractivity contribution in [2.24, 2.45) is 11.8 Å². The third kappa shape index (κ3) is 4.37. The van der Waals surface area contributed by atoms with Gasteiger partial charge in [0.2, 0.25) is 0 Å². The van der Waals surface area contributed by atoms with Crippen molar-refractivity contribution in [3.63, 3.8) is 0 Å². The second kappa shape index (κ2) is 8.19. The summed E-state index contributed by atoms with van der Waals surface area (Å²) in [6, 6.07) is 1.11. The molecule has 3 N–H and O–H groups in total. The lowest BCUT2D eigenvalue weighted by Gasteiger charge is -2.39. The zero-order chi connectivity index (χ0) is 17.2. The van der Waals surface area contributed by atoms with Crippen molar-refractivity contribution >= 4 is 0 Å². The van der Waals surface area contributed by atoms with Gasteiger partial charge in [0.15, 0.2) is 0 Å². The van der Waals surface area contributed by atoms with Crippen LogP contribution in [0.5, 0.6) is 0 Å². The molecular formula is C19H35N3O3. The summed E-state index contributed by atoms with van der Waals surface area (Å²) in [5.41, 5.74) is 7.21. The Bertz CT molecular complexity index is 438. The minimum atomic E-state index is 0.147. The van der Waals surface area contributed by atoms with Crippen LogP contribution in [0, 0.1) is 11.8 Å². The summed E-state index contributed by atoms with van der Waals surface area (Å²) in [5, 5.41) is 3.60. The molecule has 0 aromatic rings. The third-order valence-corrected chi connectivity index (χ3v) is 6.47. The van der Waals surface area contributed by atoms with E-state index in [1.165, 1.54) is 19.3 Å². The van der Waals surface area contributed by atoms with E-state index in [4.69, 9.17) is 14.2 Å². The molecule has 0 spiro atoms. The van der Waals surface area contributed by atoms with E-state index in [2.05, 4.69) is 30.0 Å². The van der Waals surface area contributed by atoms with E-state index in [1.54, 1.807) is 0 Å². The molecular weight excluding hydrogens is 318 g/mol. The average Bonchev–Trinajstić information content (AvgIpc) is 3.01. The van der Waals surface area contributed by atoms with Crippen molar-refractivity contribution in [1.29, 1.82) is 0 Å². The van der Waals surface area contributed by atoms with Crippen LogP contribution in [0.2, 0.25) is 0 Å². The lowest BCUT2D eigenvalue weighted by atomic mass is 9.74. The predicted molar refractivity (Wildman–Crippen MR) is 96.3 cm³/mol. The highest BCUT2D eigenvalue weighted by Crippen LogP contribution is 2.37. The Labute approximate surface area is 151 Å². The molecule has 8 atom stereocenters. The highest BCUT2D eigenvalue weighted by atomic mass is 16.5. The number of nitrogens with one attached hydrogen (secondary N) is 3. The number of ether oxygens (including phenoxy) is 3. The Balaban J connectivity index is 1.48. The average molecular weight is 354 g/mol. The van der Waals surface area contributed by atoms with Gasteiger partial charge in [-0.25, -0.2) is 0 Å². The van der Waals surface area contributed by atoms with Crippen molar-refractivity contribution in [1.82, 2.24) is 16.2 Å². The Kier molecular flexibility index (Phi) is 5.94. The molecule has 25 heavy (non-hydrogen) atoms. The number of hydrazine groups is 1. The fraction of sp³-hybridized carbons (Fsp3) is 1.00. The van der Waals surface area contributed by atoms with E-state index in [-0.39, 0.29) is 18.3 Å². The quantitative estimate of drug-likeness (QED) is 0.608. The zero-order valence-electron chi connectivity index (χ0n) is 15.7. The maximum atomic E-state index is 6.37. The van der Waals surface area contributed by atoms with Crippen LogP contribution in [0.3, 0.4) is 0 Å². The zero-order valence-corrected chi connectivity index (χ0v) is 15.7. The number of fused-ring (bicyclic) bond motifs is 4. The van der Waals surface area contributed by atoms with Crippen molar-refractivity contribution in [3.05, 3.63) is 0 Å². The second-order valence-electron chi connectivity index (χ2n) is 8.55. The summed E-state index contributed by atoms with van der Waals surface area (Å²) in [6.45, 7) is 7.77. The van der Waals surface area contributed by atoms with Crippen molar-refractivity contribution < 1.29 is 14.2 Å². The summed E-state index contributed by atoms with van der Waals surface area (Å²) in [5.74, 6) is 1.27. The minimum Gasteiger partial charge on any atom is -0.379 e. The van der Waals surface area contributed by atoms with E-state index < -0.39 is 0 Å². The molecule has 3 heterocycles. The minimum absolute atomic E-state index is 0.147. The van der Waals surface area contributed by atoms with Gasteiger partial charge in [0, 0.05) is 25.2 Å². The first kappa shape index (κ1) is 18.1. The van der Waals surface area contributed by atoms with E-state index in [9.17, 15) is 0 Å². The first-order valence-corrected chi connectivity index (χ1v) is 10.3. The lowest BCUT2D eigenvalue weighted by molar-refractivity contribution is -0.0696. The molecule has 6 nitrogen and oxygen atoms in total. The van der Waals surface area contributed by atoms with Gasteiger partial charge >= 0.3 is 0 Å². The van der Waals surface area contributed by atoms with Gasteiger partial charge < -0.3 is 19.5 Å². The maximum absolute atomic E-state index is 6.37. The summed E-state index contributed by atoms with van der Waals surface area (Å²) < 4.78 is 18.5. The van der Waals surface area contributed by atoms with E-state index in [0.29, 0.717) is 36.6 Å². The normalized spacial score (nSPS) is 49.2. The monoisotopic (exact) mass is 353 g/mol. The van der Waals surface area contributed by atoms with E-state index in [1.807, 2.05) is 0 Å². The topological polar surface area (TPSA) is 63.8 Å². The van der Waals surface area contributed by atoms with Gasteiger partial charge in [-0.3, -0.25) is 10.9 Å². The molecule has 4 fully saturated rings. The molecule has 4 bridgehead atoms. The van der Waals surface area contributed by atoms with Gasteiger partial charge in [-0.1, -0.05) is 0 Å². The summed E-state index contributed by atoms with van der Waals surface area (Å²) in [6.07, 6.45) is 6.73. The Hall–Kier alpha value is -0.240. The Morgan fingerprint density at radius 2 is 1.72 bits per heavy atom. The predicted octanol–water partition coefficient (Wildman–Crippen LogP) is 1.21. The Morgan fingerprint density at radius 1 is 0.840 bits per heavy atom. The van der Waals surface area contributed by atoms with Crippen molar-refractivity contribution in [3.8, 4) is 0 Å². The molecule has 1 saturated carbocycles. The van der Waals surface area contributed by atoms with Crippen molar-refractivity contribution in [2.45, 2.75) is 82.5 Å². The molecule has 0 radical (unpaired) electrons. The number of hydrogen-bond donors (Lipinski definition) is 3. The smallest absolute Gasteiger partial charge is 0.0784 e. The van der Waals surface area contributed by atoms with Crippen molar-refractivity contribution in [2.75, 3.05) is 26.3 Å². The largest absolute Gasteiger partial charge is 0.379 e. The molecule has 4 rings (SSSR count). The molecule has 3 aliphatic heterocycles. The summed E-state index contributed by atoms with van der Waals surface area (Å²) in [4.78, 5) is 0. The van der Waals surface area contributed by atoms with E-state index >= 15 is 0 Å². The van der Waals surface area contributed by atoms with Crippen LogP contribution in [-0.4, -0.2) is 62.8 Å². The highest BCUT2D eigenvalue weighted by Gasteiger charge is 2.45. The SMILES string of the molecule is C[C@H]1CCOC[C@H](C)OC2CNCC(C2)C2NNC3CCC(CC32)O1. The van der Waals surface area contributed by atoms with Crippen LogP contribution >= 0.6 is 0 Å². The van der Waals surface area contributed by atoms with Gasteiger partial charge in [-0.2, -0.15) is 0 Å². The fourth-order valence-corrected chi connectivity index (χ4v) is 5.22. The number of rotatable bonds is 0. The van der Waals surface area contributed by atoms with Crippen LogP contribution in [0.1, 0.15) is 46.0 Å². The first-order valence-electron chi connectivity index (χ1n) is 10.3. The fourth-order valence-electron chi connectivity index (χ4n) is 5.22. The molecule has 0 amide bonds. The molecule has 0 aromatic carbocycles. The lowest BCUT2D eigenvalue weighted by Crippen LogP contribution is -2.51. The summed E-state index contributed by atoms with van der Waals surface area (Å²) in [7, 11) is 0. The molecule has 3 saturated heterocycles. The first-order chi connectivity index (χ1) is 12.2. The molecule has 6 unspecified atom stereocenters. The number of hydrogen-bond acceptors (Lipinski definition) is 6. The number of piperidine rings is 1. The van der Waals surface area contributed by atoms with Gasteiger partial charge in [0.1, 0.15) is 0 Å². The van der Waals surface area contributed by atoms with Crippen LogP contribution in [0.15, 0.2) is 0 Å². The molecule has 1 aliphatic carbocycles. The van der Waals surface area contributed by atoms with Crippen LogP contribution in [0.4, 0.5) is 0 Å². The van der Waals surface area contributed by atoms with Gasteiger partial charge in [0.25, 0.3) is 0 Å². The molecule has 0 aromatic heterocycles. The van der Waals surface area contributed by atoms with Gasteiger partial charge in [0.05, 0.1) is 31.0 Å². The molecule has 6 heteroatoms. The van der Waals surface area contributed by atoms with E-state index in [0.717, 1.165) is 32.5 Å². The maximum Gasteiger partial charge on any atom is 0.0784 e.